The van der Waals surface area contributed by atoms with Gasteiger partial charge in [0.1, 0.15) is 11.5 Å². The smallest absolute Gasteiger partial charge is 0.127 e. The minimum Gasteiger partial charge on any atom is -0.493 e. The van der Waals surface area contributed by atoms with E-state index in [2.05, 4.69) is 38.1 Å². The normalized spacial score (nSPS) is 11.2. The molecule has 25 heavy (non-hydrogen) atoms. The second-order valence-corrected chi connectivity index (χ2v) is 7.35. The molecule has 0 spiro atoms. The van der Waals surface area contributed by atoms with Crippen molar-refractivity contribution in [3.05, 3.63) is 36.4 Å². The molecule has 2 nitrogen and oxygen atoms in total. The molecule has 0 amide bonds. The molecule has 0 radical (unpaired) electrons. The first kappa shape index (κ1) is 19.9. The van der Waals surface area contributed by atoms with Crippen LogP contribution in [0.4, 0.5) is 0 Å². The summed E-state index contributed by atoms with van der Waals surface area (Å²) in [4.78, 5) is 0. The summed E-state index contributed by atoms with van der Waals surface area (Å²) in [6.45, 7) is 5.82. The molecule has 2 rings (SSSR count). The maximum absolute atomic E-state index is 6.05. The van der Waals surface area contributed by atoms with E-state index in [1.807, 2.05) is 12.1 Å². The van der Waals surface area contributed by atoms with Gasteiger partial charge in [-0.1, -0.05) is 63.8 Å². The molecule has 0 atom stereocenters. The summed E-state index contributed by atoms with van der Waals surface area (Å²) < 4.78 is 12.0. The summed E-state index contributed by atoms with van der Waals surface area (Å²) in [5.74, 6) is 3.19. The van der Waals surface area contributed by atoms with Crippen LogP contribution < -0.4 is 9.47 Å². The number of unbranched alkanes of at least 4 members (excludes halogenated alkanes) is 5. The third-order valence-electron chi connectivity index (χ3n) is 4.20. The first-order valence-electron chi connectivity index (χ1n) is 9.55. The Balaban J connectivity index is 1.88. The van der Waals surface area contributed by atoms with E-state index in [9.17, 15) is 0 Å². The first-order chi connectivity index (χ1) is 12.2. The van der Waals surface area contributed by atoms with E-state index in [4.69, 9.17) is 21.1 Å². The molecular formula is C22H31ClO2. The molecule has 0 heterocycles. The summed E-state index contributed by atoms with van der Waals surface area (Å²) in [6, 6.07) is 12.4. The Hall–Kier alpha value is -1.41. The Bertz CT molecular complexity index is 624. The third kappa shape index (κ3) is 6.78. The summed E-state index contributed by atoms with van der Waals surface area (Å²) in [6.07, 6.45) is 7.24. The van der Waals surface area contributed by atoms with E-state index < -0.39 is 0 Å². The zero-order chi connectivity index (χ0) is 17.9. The van der Waals surface area contributed by atoms with Crippen LogP contribution in [0.15, 0.2) is 36.4 Å². The van der Waals surface area contributed by atoms with Gasteiger partial charge < -0.3 is 9.47 Å². The summed E-state index contributed by atoms with van der Waals surface area (Å²) in [5.41, 5.74) is 0. The van der Waals surface area contributed by atoms with Crippen molar-refractivity contribution in [2.45, 2.75) is 52.4 Å². The van der Waals surface area contributed by atoms with E-state index in [1.165, 1.54) is 25.7 Å². The van der Waals surface area contributed by atoms with Crippen LogP contribution in [0.2, 0.25) is 0 Å². The molecular weight excluding hydrogens is 332 g/mol. The van der Waals surface area contributed by atoms with Gasteiger partial charge in [-0.15, -0.1) is 11.6 Å². The second kappa shape index (κ2) is 11.3. The molecule has 138 valence electrons. The Morgan fingerprint density at radius 2 is 1.32 bits per heavy atom. The second-order valence-electron chi connectivity index (χ2n) is 6.97. The Labute approximate surface area is 157 Å². The number of benzene rings is 2. The highest BCUT2D eigenvalue weighted by Crippen LogP contribution is 2.33. The van der Waals surface area contributed by atoms with Gasteiger partial charge in [0.25, 0.3) is 0 Å². The first-order valence-corrected chi connectivity index (χ1v) is 10.1. The largest absolute Gasteiger partial charge is 0.493 e. The van der Waals surface area contributed by atoms with Crippen molar-refractivity contribution in [1.82, 2.24) is 0 Å². The van der Waals surface area contributed by atoms with Crippen molar-refractivity contribution < 1.29 is 9.47 Å². The van der Waals surface area contributed by atoms with Crippen LogP contribution in [-0.4, -0.2) is 19.1 Å². The number of halogens is 1. The molecule has 0 bridgehead atoms. The summed E-state index contributed by atoms with van der Waals surface area (Å²) in [7, 11) is 0. The monoisotopic (exact) mass is 362 g/mol. The molecule has 0 saturated heterocycles. The molecule has 0 unspecified atom stereocenters. The molecule has 0 aliphatic rings. The molecule has 0 saturated carbocycles. The Kier molecular flexibility index (Phi) is 8.96. The lowest BCUT2D eigenvalue weighted by Crippen LogP contribution is -2.05. The van der Waals surface area contributed by atoms with E-state index >= 15 is 0 Å². The molecule has 2 aromatic rings. The number of rotatable bonds is 12. The molecule has 2 aromatic carbocycles. The fourth-order valence-corrected chi connectivity index (χ4v) is 3.03. The number of fused-ring (bicyclic) bond motifs is 1. The minimum atomic E-state index is 0.513. The van der Waals surface area contributed by atoms with Gasteiger partial charge in [0.2, 0.25) is 0 Å². The quantitative estimate of drug-likeness (QED) is 0.304. The highest BCUT2D eigenvalue weighted by molar-refractivity contribution is 6.17. The highest BCUT2D eigenvalue weighted by Gasteiger charge is 2.08. The molecule has 0 fully saturated rings. The zero-order valence-corrected chi connectivity index (χ0v) is 16.4. The molecule has 0 aromatic heterocycles. The Morgan fingerprint density at radius 3 is 1.92 bits per heavy atom. The van der Waals surface area contributed by atoms with Gasteiger partial charge in [-0.2, -0.15) is 0 Å². The number of alkyl halides is 1. The van der Waals surface area contributed by atoms with E-state index in [1.54, 1.807) is 0 Å². The number of hydrogen-bond donors (Lipinski definition) is 0. The van der Waals surface area contributed by atoms with Crippen LogP contribution in [0.3, 0.4) is 0 Å². The average Bonchev–Trinajstić information content (AvgIpc) is 2.62. The minimum absolute atomic E-state index is 0.513. The SMILES string of the molecule is CC(C)COc1ccc(OCCCCCCCCCl)c2ccccc12. The van der Waals surface area contributed by atoms with Gasteiger partial charge >= 0.3 is 0 Å². The Morgan fingerprint density at radius 1 is 0.760 bits per heavy atom. The van der Waals surface area contributed by atoms with Crippen LogP contribution in [0, 0.1) is 5.92 Å². The lowest BCUT2D eigenvalue weighted by Gasteiger charge is -2.14. The van der Waals surface area contributed by atoms with Crippen LogP contribution in [-0.2, 0) is 0 Å². The molecule has 0 N–H and O–H groups in total. The van der Waals surface area contributed by atoms with Gasteiger partial charge in [-0.25, -0.2) is 0 Å². The van der Waals surface area contributed by atoms with E-state index in [0.29, 0.717) is 5.92 Å². The lowest BCUT2D eigenvalue weighted by molar-refractivity contribution is 0.273. The van der Waals surface area contributed by atoms with E-state index in [-0.39, 0.29) is 0 Å². The van der Waals surface area contributed by atoms with Gasteiger partial charge in [0.15, 0.2) is 0 Å². The van der Waals surface area contributed by atoms with E-state index in [0.717, 1.165) is 54.2 Å². The number of ether oxygens (including phenoxy) is 2. The number of hydrogen-bond acceptors (Lipinski definition) is 2. The van der Waals surface area contributed by atoms with Gasteiger partial charge in [0, 0.05) is 16.7 Å². The average molecular weight is 363 g/mol. The molecule has 3 heteroatoms. The van der Waals surface area contributed by atoms with Gasteiger partial charge in [-0.3, -0.25) is 0 Å². The van der Waals surface area contributed by atoms with Crippen LogP contribution in [0.5, 0.6) is 11.5 Å². The molecule has 0 aliphatic heterocycles. The van der Waals surface area contributed by atoms with Gasteiger partial charge in [-0.05, 0) is 30.9 Å². The highest BCUT2D eigenvalue weighted by atomic mass is 35.5. The van der Waals surface area contributed by atoms with Crippen molar-refractivity contribution in [1.29, 1.82) is 0 Å². The predicted molar refractivity (Wildman–Crippen MR) is 108 cm³/mol. The fourth-order valence-electron chi connectivity index (χ4n) is 2.84. The lowest BCUT2D eigenvalue weighted by atomic mass is 10.1. The van der Waals surface area contributed by atoms with Gasteiger partial charge in [0.05, 0.1) is 13.2 Å². The van der Waals surface area contributed by atoms with Crippen molar-refractivity contribution >= 4 is 22.4 Å². The van der Waals surface area contributed by atoms with Crippen LogP contribution >= 0.6 is 11.6 Å². The fraction of sp³-hybridized carbons (Fsp3) is 0.545. The van der Waals surface area contributed by atoms with Crippen molar-refractivity contribution in [2.75, 3.05) is 19.1 Å². The van der Waals surface area contributed by atoms with Crippen LogP contribution in [0.25, 0.3) is 10.8 Å². The van der Waals surface area contributed by atoms with Crippen molar-refractivity contribution in [2.24, 2.45) is 5.92 Å². The summed E-state index contributed by atoms with van der Waals surface area (Å²) >= 11 is 5.70. The van der Waals surface area contributed by atoms with Crippen molar-refractivity contribution in [3.8, 4) is 11.5 Å². The molecule has 0 aliphatic carbocycles. The zero-order valence-electron chi connectivity index (χ0n) is 15.6. The van der Waals surface area contributed by atoms with Crippen LogP contribution in [0.1, 0.15) is 52.4 Å². The van der Waals surface area contributed by atoms with Crippen molar-refractivity contribution in [3.63, 3.8) is 0 Å². The summed E-state index contributed by atoms with van der Waals surface area (Å²) in [5, 5.41) is 2.26. The standard InChI is InChI=1S/C22H31ClO2/c1-18(2)17-25-22-14-13-21(19-11-7-8-12-20(19)22)24-16-10-6-4-3-5-9-15-23/h7-8,11-14,18H,3-6,9-10,15-17H2,1-2H3. The predicted octanol–water partition coefficient (Wildman–Crippen LogP) is 6.83. The maximum atomic E-state index is 6.05. The topological polar surface area (TPSA) is 18.5 Å². The maximum Gasteiger partial charge on any atom is 0.127 e. The third-order valence-corrected chi connectivity index (χ3v) is 4.47.